The van der Waals surface area contributed by atoms with Gasteiger partial charge in [-0.05, 0) is 37.8 Å². The summed E-state index contributed by atoms with van der Waals surface area (Å²) in [5.74, 6) is 0.874. The zero-order valence-corrected chi connectivity index (χ0v) is 16.7. The van der Waals surface area contributed by atoms with Crippen LogP contribution in [-0.4, -0.2) is 36.1 Å². The first-order chi connectivity index (χ1) is 13.2. The molecule has 140 valence electrons. The molecule has 0 atom stereocenters. The van der Waals surface area contributed by atoms with E-state index in [4.69, 9.17) is 4.74 Å². The summed E-state index contributed by atoms with van der Waals surface area (Å²) in [5.41, 5.74) is 2.12. The van der Waals surface area contributed by atoms with Gasteiger partial charge in [0.25, 0.3) is 0 Å². The van der Waals surface area contributed by atoms with Crippen molar-refractivity contribution in [3.63, 3.8) is 0 Å². The van der Waals surface area contributed by atoms with E-state index in [-0.39, 0.29) is 11.8 Å². The maximum Gasteiger partial charge on any atom is 0.232 e. The number of methoxy groups -OCH3 is 1. The second-order valence-electron chi connectivity index (χ2n) is 7.02. The van der Waals surface area contributed by atoms with Gasteiger partial charge in [-0.25, -0.2) is 9.97 Å². The first kappa shape index (κ1) is 16.9. The second-order valence-corrected chi connectivity index (χ2v) is 9.11. The monoisotopic (exact) mass is 400 g/mol. The summed E-state index contributed by atoms with van der Waals surface area (Å²) in [6, 6.07) is 5.93. The van der Waals surface area contributed by atoms with E-state index in [2.05, 4.69) is 20.2 Å². The number of nitrogens with one attached hydrogen (secondary N) is 1. The lowest BCUT2D eigenvalue weighted by molar-refractivity contribution is -0.120. The number of aromatic nitrogens is 2. The number of fused-ring (bicyclic) bond motifs is 2. The fourth-order valence-corrected chi connectivity index (χ4v) is 5.59. The van der Waals surface area contributed by atoms with E-state index in [9.17, 15) is 4.79 Å². The number of hydrogen-bond acceptors (Lipinski definition) is 7. The van der Waals surface area contributed by atoms with E-state index in [1.165, 1.54) is 23.4 Å². The third-order valence-corrected chi connectivity index (χ3v) is 7.35. The molecule has 3 heterocycles. The molecule has 1 amide bonds. The second kappa shape index (κ2) is 6.76. The molecule has 0 spiro atoms. The Bertz CT molecular complexity index is 983. The average molecular weight is 401 g/mol. The van der Waals surface area contributed by atoms with E-state index in [0.717, 1.165) is 39.1 Å². The Morgan fingerprint density at radius 2 is 2.07 bits per heavy atom. The van der Waals surface area contributed by atoms with Crippen molar-refractivity contribution >= 4 is 49.1 Å². The zero-order chi connectivity index (χ0) is 18.4. The van der Waals surface area contributed by atoms with Crippen LogP contribution in [0.2, 0.25) is 0 Å². The van der Waals surface area contributed by atoms with Crippen LogP contribution in [-0.2, 0) is 17.6 Å². The van der Waals surface area contributed by atoms with Crippen LogP contribution in [0.1, 0.15) is 23.4 Å². The number of hydrogen-bond donors (Lipinski definition) is 1. The Kier molecular flexibility index (Phi) is 4.24. The molecular weight excluding hydrogens is 380 g/mol. The van der Waals surface area contributed by atoms with E-state index in [1.54, 1.807) is 29.8 Å². The Morgan fingerprint density at radius 3 is 2.89 bits per heavy atom. The van der Waals surface area contributed by atoms with Crippen molar-refractivity contribution < 1.29 is 9.53 Å². The summed E-state index contributed by atoms with van der Waals surface area (Å²) in [7, 11) is 1.66. The van der Waals surface area contributed by atoms with Crippen LogP contribution in [0, 0.1) is 5.92 Å². The Balaban J connectivity index is 1.22. The van der Waals surface area contributed by atoms with Crippen molar-refractivity contribution in [1.82, 2.24) is 9.97 Å². The quantitative estimate of drug-likeness (QED) is 0.723. The third-order valence-electron chi connectivity index (χ3n) is 5.18. The summed E-state index contributed by atoms with van der Waals surface area (Å²) in [5, 5.41) is 4.75. The zero-order valence-electron chi connectivity index (χ0n) is 15.0. The number of anilines is 2. The van der Waals surface area contributed by atoms with Crippen LogP contribution in [0.25, 0.3) is 10.2 Å². The highest BCUT2D eigenvalue weighted by Gasteiger charge is 2.35. The van der Waals surface area contributed by atoms with Crippen molar-refractivity contribution in [1.29, 1.82) is 0 Å². The standard InChI is InChI=1S/C19H20N4O2S2/c1-25-12-6-7-16-14(8-12)21-19(27-16)23-9-11(10-23)17(24)22-18-20-13-4-2-3-5-15(13)26-18/h6-8,11H,2-5,9-10H2,1H3,(H,20,22,24). The number of aryl methyl sites for hydroxylation is 2. The van der Waals surface area contributed by atoms with Gasteiger partial charge in [-0.1, -0.05) is 11.3 Å². The van der Waals surface area contributed by atoms with Gasteiger partial charge in [0, 0.05) is 24.0 Å². The highest BCUT2D eigenvalue weighted by molar-refractivity contribution is 7.22. The van der Waals surface area contributed by atoms with Crippen LogP contribution >= 0.6 is 22.7 Å². The SMILES string of the molecule is COc1ccc2sc(N3CC(C(=O)Nc4nc5c(s4)CCCC5)C3)nc2c1. The minimum absolute atomic E-state index is 0.00697. The molecule has 0 radical (unpaired) electrons. The molecule has 1 aromatic carbocycles. The summed E-state index contributed by atoms with van der Waals surface area (Å²) >= 11 is 3.29. The van der Waals surface area contributed by atoms with Crippen molar-refractivity contribution in [2.45, 2.75) is 25.7 Å². The Morgan fingerprint density at radius 1 is 1.22 bits per heavy atom. The van der Waals surface area contributed by atoms with Gasteiger partial charge in [-0.15, -0.1) is 11.3 Å². The maximum absolute atomic E-state index is 12.5. The summed E-state index contributed by atoms with van der Waals surface area (Å²) in [6.07, 6.45) is 4.58. The Labute approximate surface area is 165 Å². The molecule has 8 heteroatoms. The van der Waals surface area contributed by atoms with Crippen LogP contribution in [0.4, 0.5) is 10.3 Å². The molecule has 3 aromatic rings. The number of nitrogens with zero attached hydrogens (tertiary/aromatic N) is 3. The fourth-order valence-electron chi connectivity index (χ4n) is 3.57. The van der Waals surface area contributed by atoms with Gasteiger partial charge in [-0.2, -0.15) is 0 Å². The van der Waals surface area contributed by atoms with E-state index in [0.29, 0.717) is 13.1 Å². The number of thiazole rings is 2. The number of rotatable bonds is 4. The molecule has 0 saturated carbocycles. The fraction of sp³-hybridized carbons (Fsp3) is 0.421. The minimum atomic E-state index is -0.00697. The van der Waals surface area contributed by atoms with Crippen molar-refractivity contribution in [2.24, 2.45) is 5.92 Å². The molecule has 1 N–H and O–H groups in total. The molecule has 2 aromatic heterocycles. The van der Waals surface area contributed by atoms with Gasteiger partial charge in [0.15, 0.2) is 10.3 Å². The largest absolute Gasteiger partial charge is 0.497 e. The molecule has 0 bridgehead atoms. The van der Waals surface area contributed by atoms with Crippen molar-refractivity contribution in [3.05, 3.63) is 28.8 Å². The molecule has 1 aliphatic carbocycles. The molecule has 6 nitrogen and oxygen atoms in total. The van der Waals surface area contributed by atoms with Gasteiger partial charge in [-0.3, -0.25) is 4.79 Å². The van der Waals surface area contributed by atoms with E-state index in [1.807, 2.05) is 18.2 Å². The van der Waals surface area contributed by atoms with Crippen LogP contribution in [0.5, 0.6) is 5.75 Å². The lowest BCUT2D eigenvalue weighted by atomic mass is 10.0. The van der Waals surface area contributed by atoms with Crippen molar-refractivity contribution in [2.75, 3.05) is 30.4 Å². The normalized spacial score (nSPS) is 16.9. The first-order valence-corrected chi connectivity index (χ1v) is 10.8. The molecule has 5 rings (SSSR count). The van der Waals surface area contributed by atoms with E-state index >= 15 is 0 Å². The predicted octanol–water partition coefficient (Wildman–Crippen LogP) is 3.72. The maximum atomic E-state index is 12.5. The number of carbonyl (C=O) groups excluding carboxylic acids is 1. The molecule has 2 aliphatic rings. The van der Waals surface area contributed by atoms with Gasteiger partial charge < -0.3 is 15.0 Å². The summed E-state index contributed by atoms with van der Waals surface area (Å²) in [6.45, 7) is 1.40. The summed E-state index contributed by atoms with van der Waals surface area (Å²) in [4.78, 5) is 25.3. The molecular formula is C19H20N4O2S2. The number of amides is 1. The molecule has 1 fully saturated rings. The number of carbonyl (C=O) groups is 1. The molecule has 27 heavy (non-hydrogen) atoms. The van der Waals surface area contributed by atoms with Crippen LogP contribution in [0.3, 0.4) is 0 Å². The predicted molar refractivity (Wildman–Crippen MR) is 109 cm³/mol. The van der Waals surface area contributed by atoms with Gasteiger partial charge in [0.05, 0.1) is 28.9 Å². The van der Waals surface area contributed by atoms with Crippen molar-refractivity contribution in [3.8, 4) is 5.75 Å². The lowest BCUT2D eigenvalue weighted by Gasteiger charge is -2.37. The first-order valence-electron chi connectivity index (χ1n) is 9.18. The smallest absolute Gasteiger partial charge is 0.232 e. The number of ether oxygens (including phenoxy) is 1. The molecule has 1 saturated heterocycles. The lowest BCUT2D eigenvalue weighted by Crippen LogP contribution is -2.52. The topological polar surface area (TPSA) is 67.3 Å². The van der Waals surface area contributed by atoms with E-state index < -0.39 is 0 Å². The Hall–Kier alpha value is -2.19. The summed E-state index contributed by atoms with van der Waals surface area (Å²) < 4.78 is 6.39. The van der Waals surface area contributed by atoms with Crippen LogP contribution in [0.15, 0.2) is 18.2 Å². The van der Waals surface area contributed by atoms with Crippen LogP contribution < -0.4 is 15.0 Å². The average Bonchev–Trinajstić information content (AvgIpc) is 3.22. The minimum Gasteiger partial charge on any atom is -0.497 e. The van der Waals surface area contributed by atoms with Gasteiger partial charge >= 0.3 is 0 Å². The van der Waals surface area contributed by atoms with Gasteiger partial charge in [0.1, 0.15) is 5.75 Å². The van der Waals surface area contributed by atoms with Gasteiger partial charge in [0.2, 0.25) is 5.91 Å². The highest BCUT2D eigenvalue weighted by Crippen LogP contribution is 2.35. The molecule has 0 unspecified atom stereocenters. The highest BCUT2D eigenvalue weighted by atomic mass is 32.1. The number of benzene rings is 1. The third kappa shape index (κ3) is 3.17. The molecule has 1 aliphatic heterocycles.